The number of rotatable bonds is 5. The van der Waals surface area contributed by atoms with Crippen LogP contribution in [0, 0.1) is 6.92 Å². The van der Waals surface area contributed by atoms with E-state index in [-0.39, 0.29) is 11.7 Å². The second kappa shape index (κ2) is 8.75. The summed E-state index contributed by atoms with van der Waals surface area (Å²) in [6.45, 7) is 4.55. The molecule has 1 fully saturated rings. The molecule has 164 valence electrons. The van der Waals surface area contributed by atoms with Gasteiger partial charge < -0.3 is 0 Å². The summed E-state index contributed by atoms with van der Waals surface area (Å²) in [5.74, 6) is -0.183. The fourth-order valence-electron chi connectivity index (χ4n) is 3.49. The minimum absolute atomic E-state index is 0.197. The molecule has 0 saturated carbocycles. The van der Waals surface area contributed by atoms with E-state index in [1.54, 1.807) is 6.92 Å². The standard InChI is InChI=1S/C20H21F3N6OS/c1-13-16(10-25-29(13)17-6-5-14(9-24-17)20(21,22)23)18(30)27-19-26-15(12-31-19)11-28-7-3-2-4-8-28/h5-6,9-10,12H,2-4,7-8,11H2,1H3,(H,26,27,30). The van der Waals surface area contributed by atoms with Gasteiger partial charge in [0.2, 0.25) is 0 Å². The van der Waals surface area contributed by atoms with Crippen molar-refractivity contribution >= 4 is 22.4 Å². The van der Waals surface area contributed by atoms with Gasteiger partial charge >= 0.3 is 6.18 Å². The van der Waals surface area contributed by atoms with Crippen LogP contribution in [-0.2, 0) is 12.7 Å². The van der Waals surface area contributed by atoms with Crippen molar-refractivity contribution in [3.05, 3.63) is 52.4 Å². The molecule has 1 aliphatic rings. The summed E-state index contributed by atoms with van der Waals surface area (Å²) in [7, 11) is 0. The highest BCUT2D eigenvalue weighted by Crippen LogP contribution is 2.29. The molecule has 7 nitrogen and oxygen atoms in total. The van der Waals surface area contributed by atoms with Crippen LogP contribution in [0.25, 0.3) is 5.82 Å². The number of hydrogen-bond donors (Lipinski definition) is 1. The molecule has 0 atom stereocenters. The first-order chi connectivity index (χ1) is 14.8. The number of carbonyl (C=O) groups excluding carboxylic acids is 1. The number of hydrogen-bond acceptors (Lipinski definition) is 6. The largest absolute Gasteiger partial charge is 0.417 e. The molecule has 0 aliphatic carbocycles. The van der Waals surface area contributed by atoms with Crippen molar-refractivity contribution in [3.8, 4) is 5.82 Å². The average molecular weight is 450 g/mol. The molecular formula is C20H21F3N6OS. The monoisotopic (exact) mass is 450 g/mol. The predicted molar refractivity (Wildman–Crippen MR) is 110 cm³/mol. The summed E-state index contributed by atoms with van der Waals surface area (Å²) >= 11 is 1.36. The van der Waals surface area contributed by atoms with E-state index in [0.29, 0.717) is 16.4 Å². The van der Waals surface area contributed by atoms with E-state index < -0.39 is 11.7 Å². The molecule has 11 heteroatoms. The van der Waals surface area contributed by atoms with Gasteiger partial charge in [-0.05, 0) is 45.0 Å². The zero-order valence-corrected chi connectivity index (χ0v) is 17.6. The van der Waals surface area contributed by atoms with Gasteiger partial charge in [0, 0.05) is 18.1 Å². The number of halogens is 3. The third kappa shape index (κ3) is 4.93. The van der Waals surface area contributed by atoms with E-state index in [9.17, 15) is 18.0 Å². The number of nitrogens with zero attached hydrogens (tertiary/aromatic N) is 5. The number of aromatic nitrogens is 4. The zero-order valence-electron chi connectivity index (χ0n) is 16.8. The molecule has 3 aromatic rings. The third-order valence-electron chi connectivity index (χ3n) is 5.15. The van der Waals surface area contributed by atoms with Gasteiger partial charge in [0.1, 0.15) is 0 Å². The molecule has 0 radical (unpaired) electrons. The van der Waals surface area contributed by atoms with Crippen LogP contribution in [0.3, 0.4) is 0 Å². The number of anilines is 1. The van der Waals surface area contributed by atoms with E-state index in [4.69, 9.17) is 0 Å². The minimum atomic E-state index is -4.46. The summed E-state index contributed by atoms with van der Waals surface area (Å²) in [6.07, 6.45) is 1.32. The number of nitrogens with one attached hydrogen (secondary N) is 1. The molecule has 0 aromatic carbocycles. The summed E-state index contributed by atoms with van der Waals surface area (Å²) < 4.78 is 39.5. The second-order valence-electron chi connectivity index (χ2n) is 7.39. The smallest absolute Gasteiger partial charge is 0.298 e. The Labute approximate surface area is 180 Å². The topological polar surface area (TPSA) is 75.9 Å². The van der Waals surface area contributed by atoms with E-state index in [0.717, 1.165) is 37.6 Å². The molecule has 4 rings (SSSR count). The highest BCUT2D eigenvalue weighted by atomic mass is 32.1. The Morgan fingerprint density at radius 2 is 1.97 bits per heavy atom. The van der Waals surface area contributed by atoms with Gasteiger partial charge in [-0.25, -0.2) is 14.6 Å². The Kier molecular flexibility index (Phi) is 6.05. The van der Waals surface area contributed by atoms with E-state index in [2.05, 4.69) is 25.3 Å². The van der Waals surface area contributed by atoms with Crippen LogP contribution in [0.15, 0.2) is 29.9 Å². The summed E-state index contributed by atoms with van der Waals surface area (Å²) in [5, 5.41) is 9.32. The number of pyridine rings is 1. The fraction of sp³-hybridized carbons (Fsp3) is 0.400. The first-order valence-electron chi connectivity index (χ1n) is 9.87. The van der Waals surface area contributed by atoms with Gasteiger partial charge in [-0.3, -0.25) is 15.0 Å². The van der Waals surface area contributed by atoms with Crippen LogP contribution >= 0.6 is 11.3 Å². The van der Waals surface area contributed by atoms with Crippen molar-refractivity contribution in [2.75, 3.05) is 18.4 Å². The summed E-state index contributed by atoms with van der Waals surface area (Å²) in [5.41, 5.74) is 0.844. The predicted octanol–water partition coefficient (Wildman–Crippen LogP) is 4.29. The summed E-state index contributed by atoms with van der Waals surface area (Å²) in [4.78, 5) is 23.4. The van der Waals surface area contributed by atoms with Crippen molar-refractivity contribution in [3.63, 3.8) is 0 Å². The van der Waals surface area contributed by atoms with Crippen LogP contribution in [0.5, 0.6) is 0 Å². The Morgan fingerprint density at radius 1 is 1.19 bits per heavy atom. The van der Waals surface area contributed by atoms with Crippen LogP contribution in [-0.4, -0.2) is 43.6 Å². The van der Waals surface area contributed by atoms with Gasteiger partial charge in [-0.15, -0.1) is 11.3 Å². The molecule has 4 heterocycles. The number of alkyl halides is 3. The van der Waals surface area contributed by atoms with E-state index in [1.807, 2.05) is 5.38 Å². The molecule has 3 aromatic heterocycles. The molecular weight excluding hydrogens is 429 g/mol. The lowest BCUT2D eigenvalue weighted by atomic mass is 10.1. The Morgan fingerprint density at radius 3 is 2.65 bits per heavy atom. The van der Waals surface area contributed by atoms with Crippen molar-refractivity contribution in [2.45, 2.75) is 38.9 Å². The van der Waals surface area contributed by atoms with Gasteiger partial charge in [-0.2, -0.15) is 18.3 Å². The number of likely N-dealkylation sites (tertiary alicyclic amines) is 1. The van der Waals surface area contributed by atoms with E-state index in [1.165, 1.54) is 47.5 Å². The van der Waals surface area contributed by atoms with E-state index >= 15 is 0 Å². The van der Waals surface area contributed by atoms with Gasteiger partial charge in [0.25, 0.3) is 5.91 Å². The second-order valence-corrected chi connectivity index (χ2v) is 8.25. The highest BCUT2D eigenvalue weighted by Gasteiger charge is 2.31. The van der Waals surface area contributed by atoms with Gasteiger partial charge in [-0.1, -0.05) is 6.42 Å². The lowest BCUT2D eigenvalue weighted by molar-refractivity contribution is -0.137. The molecule has 1 amide bonds. The first-order valence-corrected chi connectivity index (χ1v) is 10.8. The number of thiazole rings is 1. The molecule has 31 heavy (non-hydrogen) atoms. The molecule has 1 aliphatic heterocycles. The summed E-state index contributed by atoms with van der Waals surface area (Å²) in [6, 6.07) is 2.15. The minimum Gasteiger partial charge on any atom is -0.298 e. The maximum absolute atomic E-state index is 12.7. The first kappa shape index (κ1) is 21.4. The van der Waals surface area contributed by atoms with Crippen LogP contribution in [0.4, 0.5) is 18.3 Å². The quantitative estimate of drug-likeness (QED) is 0.628. The Bertz CT molecular complexity index is 1050. The number of piperidine rings is 1. The van der Waals surface area contributed by atoms with Gasteiger partial charge in [0.15, 0.2) is 10.9 Å². The molecule has 0 unspecified atom stereocenters. The van der Waals surface area contributed by atoms with Crippen molar-refractivity contribution in [2.24, 2.45) is 0 Å². The SMILES string of the molecule is Cc1c(C(=O)Nc2nc(CN3CCCCC3)cs2)cnn1-c1ccc(C(F)(F)F)cn1. The molecule has 1 saturated heterocycles. The molecule has 0 bridgehead atoms. The molecule has 0 spiro atoms. The number of carbonyl (C=O) groups is 1. The Hall–Kier alpha value is -2.79. The zero-order chi connectivity index (χ0) is 22.0. The highest BCUT2D eigenvalue weighted by molar-refractivity contribution is 7.14. The van der Waals surface area contributed by atoms with Crippen LogP contribution in [0.1, 0.15) is 46.6 Å². The van der Waals surface area contributed by atoms with Crippen molar-refractivity contribution in [1.29, 1.82) is 0 Å². The van der Waals surface area contributed by atoms with Crippen LogP contribution < -0.4 is 5.32 Å². The lowest BCUT2D eigenvalue weighted by Crippen LogP contribution is -2.29. The van der Waals surface area contributed by atoms with Crippen LogP contribution in [0.2, 0.25) is 0 Å². The normalized spacial score (nSPS) is 15.2. The van der Waals surface area contributed by atoms with Gasteiger partial charge in [0.05, 0.1) is 28.7 Å². The Balaban J connectivity index is 1.43. The fourth-order valence-corrected chi connectivity index (χ4v) is 4.19. The lowest BCUT2D eigenvalue weighted by Gasteiger charge is -2.25. The third-order valence-corrected chi connectivity index (χ3v) is 5.96. The number of amides is 1. The van der Waals surface area contributed by atoms with Crippen molar-refractivity contribution < 1.29 is 18.0 Å². The molecule has 1 N–H and O–H groups in total. The average Bonchev–Trinajstić information content (AvgIpc) is 3.34. The van der Waals surface area contributed by atoms with Crippen molar-refractivity contribution in [1.82, 2.24) is 24.6 Å². The maximum Gasteiger partial charge on any atom is 0.417 e. The maximum atomic E-state index is 12.7.